The fraction of sp³-hybridized carbons (Fsp3) is 0.111. The summed E-state index contributed by atoms with van der Waals surface area (Å²) in [5.41, 5.74) is -6.60. The van der Waals surface area contributed by atoms with Gasteiger partial charge in [-0.3, -0.25) is 4.89 Å². The summed E-state index contributed by atoms with van der Waals surface area (Å²) in [5, 5.41) is 8.63. The third-order valence-corrected chi connectivity index (χ3v) is 2.64. The highest BCUT2D eigenvalue weighted by Gasteiger charge is 2.49. The van der Waals surface area contributed by atoms with Crippen LogP contribution in [0.3, 0.4) is 0 Å². The van der Waals surface area contributed by atoms with Crippen LogP contribution in [-0.4, -0.2) is 31.0 Å². The summed E-state index contributed by atoms with van der Waals surface area (Å²) < 4.78 is 59.6. The van der Waals surface area contributed by atoms with Crippen LogP contribution in [0.4, 0.5) is 13.2 Å². The zero-order chi connectivity index (χ0) is 15.6. The summed E-state index contributed by atoms with van der Waals surface area (Å²) in [4.78, 5) is 25.3. The van der Waals surface area contributed by atoms with Gasteiger partial charge in [0.2, 0.25) is 0 Å². The number of halogens is 3. The minimum Gasteiger partial charge on any atom is -0.478 e. The van der Waals surface area contributed by atoms with Crippen LogP contribution in [0.15, 0.2) is 24.3 Å². The minimum atomic E-state index is -6.09. The highest BCUT2D eigenvalue weighted by Crippen LogP contribution is 2.25. The molecule has 11 heteroatoms. The number of carboxylic acids is 1. The third kappa shape index (κ3) is 3.68. The summed E-state index contributed by atoms with van der Waals surface area (Å²) >= 11 is 0. The molecule has 1 rings (SSSR count). The molecule has 1 aromatic rings. The topological polar surface area (TPSA) is 107 Å². The molecule has 0 aromatic heterocycles. The van der Waals surface area contributed by atoms with E-state index in [1.54, 1.807) is 0 Å². The molecule has 7 nitrogen and oxygen atoms in total. The average Bonchev–Trinajstić information content (AvgIpc) is 2.34. The molecule has 0 saturated heterocycles. The smallest absolute Gasteiger partial charge is 0.478 e. The molecule has 0 aliphatic heterocycles. The zero-order valence-electron chi connectivity index (χ0n) is 9.25. The van der Waals surface area contributed by atoms with Crippen molar-refractivity contribution in [1.82, 2.24) is 0 Å². The Kier molecular flexibility index (Phi) is 4.35. The van der Waals surface area contributed by atoms with Crippen molar-refractivity contribution in [3.63, 3.8) is 0 Å². The Labute approximate surface area is 109 Å². The van der Waals surface area contributed by atoms with Crippen molar-refractivity contribution in [2.45, 2.75) is 5.51 Å². The van der Waals surface area contributed by atoms with Gasteiger partial charge in [-0.1, -0.05) is 6.07 Å². The fourth-order valence-corrected chi connectivity index (χ4v) is 1.17. The summed E-state index contributed by atoms with van der Waals surface area (Å²) in [6, 6.07) is 3.98. The quantitative estimate of drug-likeness (QED) is 0.507. The van der Waals surface area contributed by atoms with Crippen LogP contribution >= 0.6 is 0 Å². The first-order valence-electron chi connectivity index (χ1n) is 4.60. The molecule has 0 aliphatic carbocycles. The number of alkyl halides is 3. The van der Waals surface area contributed by atoms with Crippen LogP contribution < -0.4 is 0 Å². The van der Waals surface area contributed by atoms with E-state index in [1.165, 1.54) is 0 Å². The standard InChI is InChI=1S/C9H5F3O7S/c10-9(11,12)20(16,17)19-18-8(15)6-3-1-2-5(4-6)7(13)14/h1-4H,(H,13,14). The molecule has 0 heterocycles. The molecular formula is C9H5F3O7S. The van der Waals surface area contributed by atoms with E-state index < -0.39 is 33.1 Å². The second kappa shape index (κ2) is 5.46. The van der Waals surface area contributed by atoms with Gasteiger partial charge in [-0.25, -0.2) is 9.59 Å². The third-order valence-electron chi connectivity index (χ3n) is 1.83. The molecule has 0 atom stereocenters. The summed E-state index contributed by atoms with van der Waals surface area (Å²) in [5.74, 6) is -3.00. The van der Waals surface area contributed by atoms with E-state index in [0.29, 0.717) is 0 Å². The number of hydrogen-bond donors (Lipinski definition) is 1. The largest absolute Gasteiger partial charge is 0.526 e. The van der Waals surface area contributed by atoms with Gasteiger partial charge in [0.15, 0.2) is 0 Å². The summed E-state index contributed by atoms with van der Waals surface area (Å²) in [6.45, 7) is 0. The Hall–Kier alpha value is -2.14. The summed E-state index contributed by atoms with van der Waals surface area (Å²) in [7, 11) is -6.09. The number of hydrogen-bond acceptors (Lipinski definition) is 6. The number of benzene rings is 1. The molecule has 1 N–H and O–H groups in total. The second-order valence-corrected chi connectivity index (χ2v) is 4.73. The molecule has 0 unspecified atom stereocenters. The SMILES string of the molecule is O=C(O)c1cccc(C(=O)OOS(=O)(=O)C(F)(F)F)c1. The highest BCUT2D eigenvalue weighted by atomic mass is 32.2. The van der Waals surface area contributed by atoms with Crippen molar-refractivity contribution in [2.24, 2.45) is 0 Å². The predicted octanol–water partition coefficient (Wildman–Crippen LogP) is 1.32. The van der Waals surface area contributed by atoms with Crippen molar-refractivity contribution in [1.29, 1.82) is 0 Å². The molecule has 110 valence electrons. The van der Waals surface area contributed by atoms with Gasteiger partial charge in [0.05, 0.1) is 11.1 Å². The minimum absolute atomic E-state index is 0.349. The van der Waals surface area contributed by atoms with Gasteiger partial charge < -0.3 is 5.11 Å². The number of carbonyl (C=O) groups is 2. The number of carbonyl (C=O) groups excluding carboxylic acids is 1. The highest BCUT2D eigenvalue weighted by molar-refractivity contribution is 7.87. The number of aromatic carboxylic acids is 1. The van der Waals surface area contributed by atoms with Crippen LogP contribution in [0.1, 0.15) is 20.7 Å². The van der Waals surface area contributed by atoms with Crippen LogP contribution in [0.25, 0.3) is 0 Å². The fourth-order valence-electron chi connectivity index (χ4n) is 0.942. The van der Waals surface area contributed by atoms with Gasteiger partial charge in [-0.15, -0.1) is 0 Å². The Morgan fingerprint density at radius 1 is 1.15 bits per heavy atom. The molecule has 0 amide bonds. The molecular weight excluding hydrogens is 309 g/mol. The zero-order valence-corrected chi connectivity index (χ0v) is 10.1. The van der Waals surface area contributed by atoms with Crippen LogP contribution in [0.2, 0.25) is 0 Å². The first-order valence-corrected chi connectivity index (χ1v) is 6.00. The lowest BCUT2D eigenvalue weighted by Gasteiger charge is -2.06. The van der Waals surface area contributed by atoms with E-state index >= 15 is 0 Å². The van der Waals surface area contributed by atoms with E-state index in [-0.39, 0.29) is 5.56 Å². The lowest BCUT2D eigenvalue weighted by Crippen LogP contribution is -2.26. The van der Waals surface area contributed by atoms with E-state index in [1.807, 2.05) is 0 Å². The van der Waals surface area contributed by atoms with Crippen molar-refractivity contribution < 1.29 is 45.5 Å². The maximum atomic E-state index is 11.9. The molecule has 0 aliphatic rings. The second-order valence-electron chi connectivity index (χ2n) is 3.22. The normalized spacial score (nSPS) is 11.9. The van der Waals surface area contributed by atoms with Crippen LogP contribution in [0.5, 0.6) is 0 Å². The molecule has 1 aromatic carbocycles. The Morgan fingerprint density at radius 2 is 1.70 bits per heavy atom. The van der Waals surface area contributed by atoms with Gasteiger partial charge in [0.1, 0.15) is 0 Å². The first kappa shape index (κ1) is 15.9. The Morgan fingerprint density at radius 3 is 2.20 bits per heavy atom. The van der Waals surface area contributed by atoms with E-state index in [9.17, 15) is 31.2 Å². The van der Waals surface area contributed by atoms with E-state index in [2.05, 4.69) is 9.22 Å². The van der Waals surface area contributed by atoms with Gasteiger partial charge in [-0.05, 0) is 22.5 Å². The molecule has 0 radical (unpaired) electrons. The lowest BCUT2D eigenvalue weighted by molar-refractivity contribution is -0.163. The van der Waals surface area contributed by atoms with Crippen molar-refractivity contribution in [3.05, 3.63) is 35.4 Å². The van der Waals surface area contributed by atoms with Gasteiger partial charge in [-0.2, -0.15) is 21.6 Å². The lowest BCUT2D eigenvalue weighted by atomic mass is 10.1. The average molecular weight is 314 g/mol. The molecule has 20 heavy (non-hydrogen) atoms. The Balaban J connectivity index is 2.83. The monoisotopic (exact) mass is 314 g/mol. The maximum Gasteiger partial charge on any atom is 0.526 e. The molecule has 0 saturated carbocycles. The Bertz CT molecular complexity index is 635. The van der Waals surface area contributed by atoms with Crippen molar-refractivity contribution >= 4 is 22.1 Å². The summed E-state index contributed by atoms with van der Waals surface area (Å²) in [6.07, 6.45) is 0. The van der Waals surface area contributed by atoms with Gasteiger partial charge >= 0.3 is 27.6 Å². The molecule has 0 spiro atoms. The molecule has 0 bridgehead atoms. The van der Waals surface area contributed by atoms with Crippen LogP contribution in [-0.2, 0) is 19.3 Å². The number of carboxylic acid groups (broad SMARTS) is 1. The van der Waals surface area contributed by atoms with Crippen LogP contribution in [0, 0.1) is 0 Å². The van der Waals surface area contributed by atoms with Gasteiger partial charge in [0.25, 0.3) is 0 Å². The van der Waals surface area contributed by atoms with E-state index in [0.717, 1.165) is 24.3 Å². The van der Waals surface area contributed by atoms with Crippen molar-refractivity contribution in [3.8, 4) is 0 Å². The number of rotatable bonds is 4. The van der Waals surface area contributed by atoms with E-state index in [4.69, 9.17) is 5.11 Å². The predicted molar refractivity (Wildman–Crippen MR) is 54.9 cm³/mol. The maximum absolute atomic E-state index is 11.9. The molecule has 0 fully saturated rings. The first-order chi connectivity index (χ1) is 9.04. The van der Waals surface area contributed by atoms with Gasteiger partial charge in [0, 0.05) is 0 Å². The van der Waals surface area contributed by atoms with Crippen molar-refractivity contribution in [2.75, 3.05) is 0 Å².